The molecule has 0 spiro atoms. The smallest absolute Gasteiger partial charge is 0.274 e. The molecular formula is C19H24FN3O3. The molecule has 3 aliphatic heterocycles. The number of hydroxylamine groups is 1. The summed E-state index contributed by atoms with van der Waals surface area (Å²) in [7, 11) is 0. The minimum atomic E-state index is -0.688. The molecule has 1 aromatic rings. The van der Waals surface area contributed by atoms with Gasteiger partial charge in [-0.3, -0.25) is 19.7 Å². The van der Waals surface area contributed by atoms with Gasteiger partial charge in [0.05, 0.1) is 0 Å². The molecule has 140 valence electrons. The first-order valence-corrected chi connectivity index (χ1v) is 9.20. The molecule has 7 heteroatoms. The molecule has 2 bridgehead atoms. The van der Waals surface area contributed by atoms with E-state index in [1.165, 1.54) is 12.5 Å². The van der Waals surface area contributed by atoms with Crippen LogP contribution in [0.4, 0.5) is 4.39 Å². The molecule has 2 N–H and O–H groups in total. The minimum Gasteiger partial charge on any atom is -0.342 e. The SMILES string of the molecule is CC(=O)N1CC2CC(C1)C2CN1CCc2cc(C(=O)NO)cc(F)c2C1. The van der Waals surface area contributed by atoms with Crippen molar-refractivity contribution in [3.63, 3.8) is 0 Å². The summed E-state index contributed by atoms with van der Waals surface area (Å²) in [5, 5.41) is 8.73. The van der Waals surface area contributed by atoms with Crippen molar-refractivity contribution in [1.82, 2.24) is 15.3 Å². The maximum atomic E-state index is 14.5. The van der Waals surface area contributed by atoms with Gasteiger partial charge in [0, 0.05) is 50.8 Å². The molecule has 4 aliphatic rings. The lowest BCUT2D eigenvalue weighted by Crippen LogP contribution is -2.59. The van der Waals surface area contributed by atoms with Gasteiger partial charge in [0.2, 0.25) is 5.91 Å². The lowest BCUT2D eigenvalue weighted by Gasteiger charge is -2.55. The molecule has 1 aliphatic carbocycles. The minimum absolute atomic E-state index is 0.148. The van der Waals surface area contributed by atoms with Gasteiger partial charge in [0.1, 0.15) is 5.82 Å². The monoisotopic (exact) mass is 361 g/mol. The van der Waals surface area contributed by atoms with Crippen molar-refractivity contribution in [2.45, 2.75) is 26.3 Å². The first kappa shape index (κ1) is 17.4. The highest BCUT2D eigenvalue weighted by atomic mass is 19.1. The van der Waals surface area contributed by atoms with Gasteiger partial charge >= 0.3 is 0 Å². The molecule has 2 atom stereocenters. The Morgan fingerprint density at radius 1 is 1.31 bits per heavy atom. The molecular weight excluding hydrogens is 337 g/mol. The van der Waals surface area contributed by atoms with E-state index in [9.17, 15) is 14.0 Å². The average molecular weight is 361 g/mol. The number of hydrogen-bond donors (Lipinski definition) is 2. The predicted octanol–water partition coefficient (Wildman–Crippen LogP) is 1.42. The quantitative estimate of drug-likeness (QED) is 0.631. The Labute approximate surface area is 151 Å². The van der Waals surface area contributed by atoms with Gasteiger partial charge in [-0.1, -0.05) is 0 Å². The first-order chi connectivity index (χ1) is 12.5. The van der Waals surface area contributed by atoms with Crippen LogP contribution >= 0.6 is 0 Å². The van der Waals surface area contributed by atoms with Crippen molar-refractivity contribution >= 4 is 11.8 Å². The Bertz CT molecular complexity index is 742. The van der Waals surface area contributed by atoms with Crippen molar-refractivity contribution in [1.29, 1.82) is 0 Å². The molecule has 2 unspecified atom stereocenters. The van der Waals surface area contributed by atoms with Crippen molar-refractivity contribution < 1.29 is 19.2 Å². The summed E-state index contributed by atoms with van der Waals surface area (Å²) in [4.78, 5) is 27.3. The Kier molecular flexibility index (Phi) is 4.44. The standard InChI is InChI=1S/C19H24FN3O3/c1-11(24)23-7-14-5-15(8-23)16(14)9-22-3-2-12-4-13(19(25)21-26)6-18(20)17(12)10-22/h4,6,14-16,26H,2-3,5,7-10H2,1H3,(H,21,25). The number of nitrogens with one attached hydrogen (secondary N) is 1. The fourth-order valence-corrected chi connectivity index (χ4v) is 4.87. The van der Waals surface area contributed by atoms with Crippen LogP contribution in [0.2, 0.25) is 0 Å². The lowest BCUT2D eigenvalue weighted by molar-refractivity contribution is -0.140. The number of carbonyl (C=O) groups is 2. The van der Waals surface area contributed by atoms with E-state index in [0.29, 0.717) is 36.3 Å². The summed E-state index contributed by atoms with van der Waals surface area (Å²) in [6.07, 6.45) is 1.90. The second-order valence-corrected chi connectivity index (χ2v) is 7.87. The molecule has 0 aromatic heterocycles. The molecule has 5 rings (SSSR count). The number of piperidine rings is 2. The Balaban J connectivity index is 1.42. The largest absolute Gasteiger partial charge is 0.342 e. The summed E-state index contributed by atoms with van der Waals surface area (Å²) >= 11 is 0. The third kappa shape index (κ3) is 2.99. The van der Waals surface area contributed by atoms with Crippen LogP contribution in [0, 0.1) is 23.6 Å². The number of rotatable bonds is 3. The lowest BCUT2D eigenvalue weighted by atomic mass is 9.61. The third-order valence-corrected chi connectivity index (χ3v) is 6.37. The Morgan fingerprint density at radius 3 is 2.69 bits per heavy atom. The number of halogens is 1. The molecule has 2 amide bonds. The fraction of sp³-hybridized carbons (Fsp3) is 0.579. The molecule has 1 aromatic carbocycles. The average Bonchev–Trinajstić information content (AvgIpc) is 2.65. The van der Waals surface area contributed by atoms with Crippen LogP contribution in [0.1, 0.15) is 34.8 Å². The van der Waals surface area contributed by atoms with E-state index in [1.807, 2.05) is 4.90 Å². The van der Waals surface area contributed by atoms with E-state index in [1.54, 1.807) is 18.5 Å². The Hall–Kier alpha value is -1.99. The van der Waals surface area contributed by atoms with E-state index in [2.05, 4.69) is 4.90 Å². The van der Waals surface area contributed by atoms with Crippen LogP contribution in [0.5, 0.6) is 0 Å². The topological polar surface area (TPSA) is 72.9 Å². The summed E-state index contributed by atoms with van der Waals surface area (Å²) < 4.78 is 14.5. The normalized spacial score (nSPS) is 27.5. The zero-order chi connectivity index (χ0) is 18.4. The summed E-state index contributed by atoms with van der Waals surface area (Å²) in [6, 6.07) is 2.86. The molecule has 2 saturated heterocycles. The van der Waals surface area contributed by atoms with Crippen LogP contribution in [0.15, 0.2) is 12.1 Å². The maximum absolute atomic E-state index is 14.5. The van der Waals surface area contributed by atoms with Crippen LogP contribution in [0.3, 0.4) is 0 Å². The fourth-order valence-electron chi connectivity index (χ4n) is 4.87. The third-order valence-electron chi connectivity index (χ3n) is 6.37. The zero-order valence-electron chi connectivity index (χ0n) is 14.9. The van der Waals surface area contributed by atoms with Crippen LogP contribution in [-0.2, 0) is 17.8 Å². The number of benzene rings is 1. The van der Waals surface area contributed by atoms with E-state index in [0.717, 1.165) is 31.7 Å². The van der Waals surface area contributed by atoms with Crippen molar-refractivity contribution in [2.24, 2.45) is 17.8 Å². The number of nitrogens with zero attached hydrogens (tertiary/aromatic N) is 2. The highest BCUT2D eigenvalue weighted by molar-refractivity contribution is 5.93. The predicted molar refractivity (Wildman–Crippen MR) is 92.0 cm³/mol. The molecule has 26 heavy (non-hydrogen) atoms. The van der Waals surface area contributed by atoms with Gasteiger partial charge in [0.15, 0.2) is 0 Å². The Morgan fingerprint density at radius 2 is 2.04 bits per heavy atom. The maximum Gasteiger partial charge on any atom is 0.274 e. The molecule has 6 nitrogen and oxygen atoms in total. The number of fused-ring (bicyclic) bond motifs is 3. The highest BCUT2D eigenvalue weighted by Gasteiger charge is 2.47. The van der Waals surface area contributed by atoms with Crippen LogP contribution in [-0.4, -0.2) is 53.0 Å². The number of carbonyl (C=O) groups excluding carboxylic acids is 2. The van der Waals surface area contributed by atoms with Gasteiger partial charge in [-0.05, 0) is 48.3 Å². The van der Waals surface area contributed by atoms with Gasteiger partial charge in [0.25, 0.3) is 5.91 Å². The number of amides is 2. The van der Waals surface area contributed by atoms with Crippen molar-refractivity contribution in [3.8, 4) is 0 Å². The van der Waals surface area contributed by atoms with Crippen molar-refractivity contribution in [3.05, 3.63) is 34.6 Å². The van der Waals surface area contributed by atoms with Crippen LogP contribution < -0.4 is 5.48 Å². The van der Waals surface area contributed by atoms with Gasteiger partial charge in [-0.25, -0.2) is 9.87 Å². The van der Waals surface area contributed by atoms with Crippen LogP contribution in [0.25, 0.3) is 0 Å². The van der Waals surface area contributed by atoms with E-state index in [-0.39, 0.29) is 17.3 Å². The van der Waals surface area contributed by atoms with E-state index >= 15 is 0 Å². The molecule has 3 fully saturated rings. The highest BCUT2D eigenvalue weighted by Crippen LogP contribution is 2.46. The second kappa shape index (κ2) is 6.63. The molecule has 0 radical (unpaired) electrons. The molecule has 1 saturated carbocycles. The van der Waals surface area contributed by atoms with Crippen molar-refractivity contribution in [2.75, 3.05) is 26.2 Å². The second-order valence-electron chi connectivity index (χ2n) is 7.87. The molecule has 3 heterocycles. The van der Waals surface area contributed by atoms with Gasteiger partial charge in [-0.15, -0.1) is 0 Å². The summed E-state index contributed by atoms with van der Waals surface area (Å²) in [5.41, 5.74) is 3.20. The van der Waals surface area contributed by atoms with Gasteiger partial charge in [-0.2, -0.15) is 0 Å². The first-order valence-electron chi connectivity index (χ1n) is 9.20. The van der Waals surface area contributed by atoms with E-state index < -0.39 is 5.91 Å². The summed E-state index contributed by atoms with van der Waals surface area (Å²) in [6.45, 7) is 5.68. The summed E-state index contributed by atoms with van der Waals surface area (Å²) in [5.74, 6) is 0.817. The zero-order valence-corrected chi connectivity index (χ0v) is 14.9. The van der Waals surface area contributed by atoms with E-state index in [4.69, 9.17) is 5.21 Å². The van der Waals surface area contributed by atoms with Gasteiger partial charge < -0.3 is 4.90 Å². The number of hydrogen-bond acceptors (Lipinski definition) is 4.